The van der Waals surface area contributed by atoms with Crippen molar-refractivity contribution in [3.05, 3.63) is 31.8 Å². The van der Waals surface area contributed by atoms with Crippen LogP contribution in [0.5, 0.6) is 0 Å². The van der Waals surface area contributed by atoms with Crippen LogP contribution < -0.4 is 10.6 Å². The molecule has 1 aliphatic rings. The van der Waals surface area contributed by atoms with Gasteiger partial charge in [-0.3, -0.25) is 4.79 Å². The molecule has 0 aromatic heterocycles. The molecular weight excluding hydrogens is 447 g/mol. The number of carbonyl (C=O) groups excluding carboxylic acids is 1. The Morgan fingerprint density at radius 3 is 2.95 bits per heavy atom. The summed E-state index contributed by atoms with van der Waals surface area (Å²) in [5.74, 6) is -0.0396. The molecule has 4 nitrogen and oxygen atoms in total. The lowest BCUT2D eigenvalue weighted by Crippen LogP contribution is -2.33. The Labute approximate surface area is 147 Å². The number of halogens is 2. The van der Waals surface area contributed by atoms with Gasteiger partial charge in [-0.25, -0.2) is 0 Å². The monoisotopic (exact) mass is 466 g/mol. The largest absolute Gasteiger partial charge is 0.378 e. The van der Waals surface area contributed by atoms with E-state index in [1.54, 1.807) is 0 Å². The smallest absolute Gasteiger partial charge is 0.252 e. The summed E-state index contributed by atoms with van der Waals surface area (Å²) >= 11 is 5.62. The predicted molar refractivity (Wildman–Crippen MR) is 95.7 cm³/mol. The summed E-state index contributed by atoms with van der Waals surface area (Å²) in [6, 6.07) is 5.75. The molecule has 1 fully saturated rings. The minimum absolute atomic E-state index is 0.0396. The highest BCUT2D eigenvalue weighted by molar-refractivity contribution is 14.1. The number of amides is 1. The maximum absolute atomic E-state index is 12.1. The number of rotatable bonds is 6. The molecular formula is C15H20BrIN2O2. The molecule has 0 saturated carbocycles. The van der Waals surface area contributed by atoms with Crippen LogP contribution in [-0.2, 0) is 4.74 Å². The van der Waals surface area contributed by atoms with Gasteiger partial charge in [0.25, 0.3) is 5.91 Å². The van der Waals surface area contributed by atoms with Crippen molar-refractivity contribution in [1.29, 1.82) is 0 Å². The van der Waals surface area contributed by atoms with Gasteiger partial charge in [0.15, 0.2) is 0 Å². The van der Waals surface area contributed by atoms with Crippen LogP contribution in [0.1, 0.15) is 29.6 Å². The molecule has 0 spiro atoms. The van der Waals surface area contributed by atoms with Crippen LogP contribution in [0.2, 0.25) is 0 Å². The zero-order chi connectivity index (χ0) is 15.1. The zero-order valence-corrected chi connectivity index (χ0v) is 15.6. The number of benzene rings is 1. The average molecular weight is 467 g/mol. The fraction of sp³-hybridized carbons (Fsp3) is 0.533. The van der Waals surface area contributed by atoms with Crippen molar-refractivity contribution < 1.29 is 9.53 Å². The Balaban J connectivity index is 1.66. The number of hydrogen-bond acceptors (Lipinski definition) is 3. The number of piperidine rings is 1. The first-order chi connectivity index (χ1) is 10.2. The molecule has 21 heavy (non-hydrogen) atoms. The summed E-state index contributed by atoms with van der Waals surface area (Å²) < 4.78 is 7.69. The van der Waals surface area contributed by atoms with Crippen molar-refractivity contribution in [1.82, 2.24) is 10.6 Å². The standard InChI is InChI=1S/C15H20BrIN2O2/c16-14-3-2-11(17)10-13(14)15(20)19-6-1-9-21-12-4-7-18-8-5-12/h2-3,10,12,18H,1,4-9H2,(H,19,20). The fourth-order valence-electron chi connectivity index (χ4n) is 2.25. The molecule has 1 amide bonds. The second-order valence-corrected chi connectivity index (χ2v) is 7.15. The second-order valence-electron chi connectivity index (χ2n) is 5.05. The van der Waals surface area contributed by atoms with E-state index in [0.717, 1.165) is 40.4 Å². The van der Waals surface area contributed by atoms with Crippen LogP contribution in [0.15, 0.2) is 22.7 Å². The van der Waals surface area contributed by atoms with E-state index in [9.17, 15) is 4.79 Å². The minimum atomic E-state index is -0.0396. The first kappa shape index (κ1) is 17.2. The molecule has 2 N–H and O–H groups in total. The summed E-state index contributed by atoms with van der Waals surface area (Å²) in [4.78, 5) is 12.1. The molecule has 1 aromatic rings. The summed E-state index contributed by atoms with van der Waals surface area (Å²) in [5.41, 5.74) is 0.682. The number of ether oxygens (including phenoxy) is 1. The maximum Gasteiger partial charge on any atom is 0.252 e. The van der Waals surface area contributed by atoms with Crippen molar-refractivity contribution in [3.63, 3.8) is 0 Å². The Kier molecular flexibility index (Phi) is 7.42. The first-order valence-corrected chi connectivity index (χ1v) is 9.09. The minimum Gasteiger partial charge on any atom is -0.378 e. The predicted octanol–water partition coefficient (Wildman–Crippen LogP) is 2.94. The first-order valence-electron chi connectivity index (χ1n) is 7.22. The van der Waals surface area contributed by atoms with Crippen LogP contribution in [0.3, 0.4) is 0 Å². The highest BCUT2D eigenvalue weighted by Gasteiger charge is 2.13. The molecule has 1 heterocycles. The van der Waals surface area contributed by atoms with Gasteiger partial charge >= 0.3 is 0 Å². The Hall–Kier alpha value is -0.180. The van der Waals surface area contributed by atoms with Crippen LogP contribution in [0.4, 0.5) is 0 Å². The van der Waals surface area contributed by atoms with Crippen molar-refractivity contribution in [2.75, 3.05) is 26.2 Å². The number of carbonyl (C=O) groups is 1. The topological polar surface area (TPSA) is 50.4 Å². The van der Waals surface area contributed by atoms with Gasteiger partial charge in [0.05, 0.1) is 11.7 Å². The van der Waals surface area contributed by atoms with E-state index in [2.05, 4.69) is 49.2 Å². The normalized spacial score (nSPS) is 15.9. The molecule has 0 aliphatic carbocycles. The van der Waals surface area contributed by atoms with Gasteiger partial charge in [0.2, 0.25) is 0 Å². The lowest BCUT2D eigenvalue weighted by atomic mass is 10.1. The highest BCUT2D eigenvalue weighted by atomic mass is 127. The molecule has 0 bridgehead atoms. The average Bonchev–Trinajstić information content (AvgIpc) is 2.50. The number of nitrogens with one attached hydrogen (secondary N) is 2. The van der Waals surface area contributed by atoms with Gasteiger partial charge in [-0.05, 0) is 89.1 Å². The summed E-state index contributed by atoms with van der Waals surface area (Å²) in [5, 5.41) is 6.26. The van der Waals surface area contributed by atoms with E-state index >= 15 is 0 Å². The van der Waals surface area contributed by atoms with Crippen molar-refractivity contribution in [2.45, 2.75) is 25.4 Å². The lowest BCUT2D eigenvalue weighted by molar-refractivity contribution is 0.0318. The third-order valence-electron chi connectivity index (χ3n) is 3.42. The Morgan fingerprint density at radius 2 is 2.19 bits per heavy atom. The molecule has 0 atom stereocenters. The third-order valence-corrected chi connectivity index (χ3v) is 4.78. The quantitative estimate of drug-likeness (QED) is 0.500. The van der Waals surface area contributed by atoms with Gasteiger partial charge < -0.3 is 15.4 Å². The van der Waals surface area contributed by atoms with Gasteiger partial charge in [-0.2, -0.15) is 0 Å². The molecule has 0 radical (unpaired) electrons. The van der Waals surface area contributed by atoms with Crippen molar-refractivity contribution in [2.24, 2.45) is 0 Å². The Bertz CT molecular complexity index is 479. The zero-order valence-electron chi connectivity index (χ0n) is 11.8. The lowest BCUT2D eigenvalue weighted by Gasteiger charge is -2.22. The highest BCUT2D eigenvalue weighted by Crippen LogP contribution is 2.19. The van der Waals surface area contributed by atoms with Crippen LogP contribution >= 0.6 is 38.5 Å². The Morgan fingerprint density at radius 1 is 1.43 bits per heavy atom. The van der Waals surface area contributed by atoms with E-state index in [1.165, 1.54) is 0 Å². The third kappa shape index (κ3) is 5.84. The van der Waals surface area contributed by atoms with E-state index in [0.29, 0.717) is 24.8 Å². The van der Waals surface area contributed by atoms with Gasteiger partial charge in [0.1, 0.15) is 0 Å². The van der Waals surface area contributed by atoms with Crippen molar-refractivity contribution in [3.8, 4) is 0 Å². The molecule has 1 aromatic carbocycles. The van der Waals surface area contributed by atoms with Gasteiger partial charge in [-0.15, -0.1) is 0 Å². The van der Waals surface area contributed by atoms with E-state index in [1.807, 2.05) is 18.2 Å². The molecule has 0 unspecified atom stereocenters. The second kappa shape index (κ2) is 9.07. The SMILES string of the molecule is O=C(NCCCOC1CCNCC1)c1cc(I)ccc1Br. The molecule has 116 valence electrons. The summed E-state index contributed by atoms with van der Waals surface area (Å²) in [6.07, 6.45) is 3.40. The van der Waals surface area contributed by atoms with Gasteiger partial charge in [0, 0.05) is 21.2 Å². The maximum atomic E-state index is 12.1. The fourth-order valence-corrected chi connectivity index (χ4v) is 3.17. The molecule has 1 aliphatic heterocycles. The molecule has 1 saturated heterocycles. The van der Waals surface area contributed by atoms with Crippen LogP contribution in [0.25, 0.3) is 0 Å². The van der Waals surface area contributed by atoms with E-state index in [-0.39, 0.29) is 5.91 Å². The summed E-state index contributed by atoms with van der Waals surface area (Å²) in [7, 11) is 0. The van der Waals surface area contributed by atoms with Gasteiger partial charge in [-0.1, -0.05) is 0 Å². The van der Waals surface area contributed by atoms with Crippen LogP contribution in [0, 0.1) is 3.57 Å². The summed E-state index contributed by atoms with van der Waals surface area (Å²) in [6.45, 7) is 3.43. The molecule has 6 heteroatoms. The van der Waals surface area contributed by atoms with Crippen LogP contribution in [-0.4, -0.2) is 38.3 Å². The molecule has 2 rings (SSSR count). The van der Waals surface area contributed by atoms with E-state index < -0.39 is 0 Å². The number of hydrogen-bond donors (Lipinski definition) is 2. The van der Waals surface area contributed by atoms with Crippen molar-refractivity contribution >= 4 is 44.4 Å². The van der Waals surface area contributed by atoms with E-state index in [4.69, 9.17) is 4.74 Å².